The second-order valence-corrected chi connectivity index (χ2v) is 7.59. The second-order valence-electron chi connectivity index (χ2n) is 5.45. The molecule has 3 rings (SSSR count). The summed E-state index contributed by atoms with van der Waals surface area (Å²) in [4.78, 5) is 15.1. The van der Waals surface area contributed by atoms with E-state index in [0.717, 1.165) is 24.5 Å². The molecule has 1 saturated heterocycles. The van der Waals surface area contributed by atoms with Gasteiger partial charge in [-0.1, -0.05) is 0 Å². The zero-order valence-corrected chi connectivity index (χ0v) is 13.7. The molecule has 0 unspecified atom stereocenters. The first kappa shape index (κ1) is 15.8. The number of ether oxygens (including phenoxy) is 1. The Morgan fingerprint density at radius 3 is 2.70 bits per heavy atom. The zero-order chi connectivity index (χ0) is 16.3. The van der Waals surface area contributed by atoms with Gasteiger partial charge in [0.2, 0.25) is 0 Å². The molecule has 0 spiro atoms. The zero-order valence-electron chi connectivity index (χ0n) is 12.8. The number of aromatic nitrogens is 3. The van der Waals surface area contributed by atoms with E-state index < -0.39 is 9.84 Å². The van der Waals surface area contributed by atoms with Crippen molar-refractivity contribution in [3.8, 4) is 11.4 Å². The van der Waals surface area contributed by atoms with Gasteiger partial charge in [-0.25, -0.2) is 18.4 Å². The predicted molar refractivity (Wildman–Crippen MR) is 86.8 cm³/mol. The van der Waals surface area contributed by atoms with Crippen LogP contribution in [0.5, 0.6) is 0 Å². The summed E-state index contributed by atoms with van der Waals surface area (Å²) in [5, 5.41) is 0. The molecule has 0 radical (unpaired) electrons. The van der Waals surface area contributed by atoms with Crippen LogP contribution in [-0.2, 0) is 20.3 Å². The molecule has 122 valence electrons. The maximum Gasteiger partial charge on any atom is 0.163 e. The fraction of sp³-hybridized carbons (Fsp3) is 0.400. The van der Waals surface area contributed by atoms with Gasteiger partial charge >= 0.3 is 0 Å². The number of rotatable bonds is 4. The van der Waals surface area contributed by atoms with Crippen LogP contribution in [0, 0.1) is 0 Å². The van der Waals surface area contributed by atoms with Crippen molar-refractivity contribution in [3.63, 3.8) is 0 Å². The van der Waals surface area contributed by atoms with Crippen molar-refractivity contribution in [1.29, 1.82) is 0 Å². The molecule has 7 nitrogen and oxygen atoms in total. The van der Waals surface area contributed by atoms with Gasteiger partial charge in [-0.3, -0.25) is 4.98 Å². The Balaban J connectivity index is 2.02. The number of nitrogens with zero attached hydrogens (tertiary/aromatic N) is 4. The molecule has 8 heteroatoms. The first-order valence-electron chi connectivity index (χ1n) is 7.30. The third kappa shape index (κ3) is 4.23. The number of pyridine rings is 1. The van der Waals surface area contributed by atoms with Gasteiger partial charge in [-0.15, -0.1) is 0 Å². The normalized spacial score (nSPS) is 15.6. The van der Waals surface area contributed by atoms with Gasteiger partial charge in [0.1, 0.15) is 5.82 Å². The Morgan fingerprint density at radius 2 is 2.04 bits per heavy atom. The highest BCUT2D eigenvalue weighted by Crippen LogP contribution is 2.21. The Kier molecular flexibility index (Phi) is 4.53. The second kappa shape index (κ2) is 6.59. The fourth-order valence-corrected chi connectivity index (χ4v) is 3.09. The predicted octanol–water partition coefficient (Wildman–Crippen LogP) is 0.920. The first-order chi connectivity index (χ1) is 11.0. The smallest absolute Gasteiger partial charge is 0.163 e. The van der Waals surface area contributed by atoms with Gasteiger partial charge in [0.25, 0.3) is 0 Å². The van der Waals surface area contributed by atoms with E-state index in [1.54, 1.807) is 24.5 Å². The third-order valence-corrected chi connectivity index (χ3v) is 4.25. The Morgan fingerprint density at radius 1 is 1.26 bits per heavy atom. The van der Waals surface area contributed by atoms with Gasteiger partial charge in [-0.05, 0) is 12.1 Å². The minimum Gasteiger partial charge on any atom is -0.378 e. The molecule has 0 bridgehead atoms. The first-order valence-corrected chi connectivity index (χ1v) is 9.36. The van der Waals surface area contributed by atoms with Gasteiger partial charge in [0.05, 0.1) is 24.7 Å². The van der Waals surface area contributed by atoms with E-state index in [0.29, 0.717) is 24.7 Å². The topological polar surface area (TPSA) is 85.3 Å². The molecule has 0 aliphatic carbocycles. The van der Waals surface area contributed by atoms with E-state index in [9.17, 15) is 8.42 Å². The number of hydrogen-bond acceptors (Lipinski definition) is 7. The molecule has 0 N–H and O–H groups in total. The molecule has 0 atom stereocenters. The largest absolute Gasteiger partial charge is 0.378 e. The highest BCUT2D eigenvalue weighted by atomic mass is 32.2. The summed E-state index contributed by atoms with van der Waals surface area (Å²) < 4.78 is 28.6. The lowest BCUT2D eigenvalue weighted by Crippen LogP contribution is -2.37. The van der Waals surface area contributed by atoms with E-state index in [1.807, 2.05) is 6.07 Å². The van der Waals surface area contributed by atoms with Crippen LogP contribution in [0.15, 0.2) is 30.6 Å². The van der Waals surface area contributed by atoms with E-state index in [1.165, 1.54) is 6.26 Å². The van der Waals surface area contributed by atoms with E-state index >= 15 is 0 Å². The van der Waals surface area contributed by atoms with Gasteiger partial charge in [0.15, 0.2) is 15.7 Å². The summed E-state index contributed by atoms with van der Waals surface area (Å²) in [6.45, 7) is 2.71. The summed E-state index contributed by atoms with van der Waals surface area (Å²) in [7, 11) is -3.17. The van der Waals surface area contributed by atoms with E-state index in [-0.39, 0.29) is 5.75 Å². The average Bonchev–Trinajstić information content (AvgIpc) is 2.55. The minimum atomic E-state index is -3.17. The van der Waals surface area contributed by atoms with Gasteiger partial charge < -0.3 is 9.64 Å². The maximum absolute atomic E-state index is 11.6. The monoisotopic (exact) mass is 334 g/mol. The maximum atomic E-state index is 11.6. The number of anilines is 1. The third-order valence-electron chi connectivity index (χ3n) is 3.43. The van der Waals surface area contributed by atoms with Crippen LogP contribution in [0.3, 0.4) is 0 Å². The van der Waals surface area contributed by atoms with Gasteiger partial charge in [-0.2, -0.15) is 0 Å². The van der Waals surface area contributed by atoms with Crippen LogP contribution >= 0.6 is 0 Å². The molecular weight excluding hydrogens is 316 g/mol. The van der Waals surface area contributed by atoms with Crippen molar-refractivity contribution >= 4 is 15.7 Å². The highest BCUT2D eigenvalue weighted by Gasteiger charge is 2.17. The van der Waals surface area contributed by atoms with Gasteiger partial charge in [0, 0.05) is 43.4 Å². The van der Waals surface area contributed by atoms with Crippen molar-refractivity contribution in [2.24, 2.45) is 0 Å². The fourth-order valence-electron chi connectivity index (χ4n) is 2.40. The Bertz CT molecular complexity index is 775. The minimum absolute atomic E-state index is 0.111. The molecule has 0 aromatic carbocycles. The molecule has 1 aliphatic heterocycles. The lowest BCUT2D eigenvalue weighted by molar-refractivity contribution is 0.122. The average molecular weight is 334 g/mol. The molecule has 3 heterocycles. The molecule has 1 fully saturated rings. The van der Waals surface area contributed by atoms with Crippen molar-refractivity contribution in [3.05, 3.63) is 36.3 Å². The molecule has 1 aliphatic rings. The summed E-state index contributed by atoms with van der Waals surface area (Å²) in [6, 6.07) is 5.40. The quantitative estimate of drug-likeness (QED) is 0.822. The van der Waals surface area contributed by atoms with Crippen LogP contribution in [-0.4, -0.2) is 55.9 Å². The summed E-state index contributed by atoms with van der Waals surface area (Å²) in [5.41, 5.74) is 1.25. The van der Waals surface area contributed by atoms with Crippen molar-refractivity contribution in [1.82, 2.24) is 15.0 Å². The Hall–Kier alpha value is -2.06. The van der Waals surface area contributed by atoms with E-state index in [2.05, 4.69) is 19.9 Å². The SMILES string of the molecule is CS(=O)(=O)Cc1cc(N2CCOCC2)nc(-c2cccnc2)n1. The van der Waals surface area contributed by atoms with Crippen LogP contribution in [0.1, 0.15) is 5.69 Å². The summed E-state index contributed by atoms with van der Waals surface area (Å²) in [6.07, 6.45) is 4.54. The molecule has 0 saturated carbocycles. The molecular formula is C15H18N4O3S. The number of morpholine rings is 1. The van der Waals surface area contributed by atoms with Crippen molar-refractivity contribution < 1.29 is 13.2 Å². The standard InChI is InChI=1S/C15H18N4O3S/c1-23(20,21)11-13-9-14(19-5-7-22-8-6-19)18-15(17-13)12-3-2-4-16-10-12/h2-4,9-10H,5-8,11H2,1H3. The Labute approximate surface area is 135 Å². The molecule has 2 aromatic heterocycles. The number of sulfone groups is 1. The van der Waals surface area contributed by atoms with Crippen molar-refractivity contribution in [2.45, 2.75) is 5.75 Å². The van der Waals surface area contributed by atoms with Crippen LogP contribution in [0.4, 0.5) is 5.82 Å². The number of hydrogen-bond donors (Lipinski definition) is 0. The van der Waals surface area contributed by atoms with Crippen LogP contribution < -0.4 is 4.90 Å². The molecule has 0 amide bonds. The highest BCUT2D eigenvalue weighted by molar-refractivity contribution is 7.89. The van der Waals surface area contributed by atoms with E-state index in [4.69, 9.17) is 4.74 Å². The van der Waals surface area contributed by atoms with Crippen LogP contribution in [0.25, 0.3) is 11.4 Å². The van der Waals surface area contributed by atoms with Crippen molar-refractivity contribution in [2.75, 3.05) is 37.5 Å². The lowest BCUT2D eigenvalue weighted by atomic mass is 10.2. The summed E-state index contributed by atoms with van der Waals surface area (Å²) in [5.74, 6) is 1.10. The lowest BCUT2D eigenvalue weighted by Gasteiger charge is -2.28. The van der Waals surface area contributed by atoms with Crippen LogP contribution in [0.2, 0.25) is 0 Å². The summed E-state index contributed by atoms with van der Waals surface area (Å²) >= 11 is 0. The molecule has 2 aromatic rings. The molecule has 23 heavy (non-hydrogen) atoms.